The molecule has 1 aromatic heterocycles. The van der Waals surface area contributed by atoms with Gasteiger partial charge >= 0.3 is 5.91 Å². The highest BCUT2D eigenvalue weighted by molar-refractivity contribution is 6.08. The lowest BCUT2D eigenvalue weighted by Gasteiger charge is -1.98. The number of amidine groups is 1. The Morgan fingerprint density at radius 3 is 2.93 bits per heavy atom. The van der Waals surface area contributed by atoms with Crippen LogP contribution < -0.4 is 11.1 Å². The van der Waals surface area contributed by atoms with Gasteiger partial charge in [0.25, 0.3) is 0 Å². The molecule has 0 saturated carbocycles. The second-order valence-electron chi connectivity index (χ2n) is 2.81. The van der Waals surface area contributed by atoms with E-state index in [9.17, 15) is 4.79 Å². The molecule has 0 fully saturated rings. The standard InChI is InChI=1S/C9H11N5O/c1-3-4-7(15)12-9-6(8(10)11)5-14(2)13-9/h5H,1-2H3,(H3,10,11)(H,12,13,15). The fourth-order valence-corrected chi connectivity index (χ4v) is 1.03. The van der Waals surface area contributed by atoms with Gasteiger partial charge in [-0.3, -0.25) is 20.2 Å². The Hall–Kier alpha value is -2.29. The third-order valence-corrected chi connectivity index (χ3v) is 1.59. The summed E-state index contributed by atoms with van der Waals surface area (Å²) in [6, 6.07) is 0. The highest BCUT2D eigenvalue weighted by Gasteiger charge is 2.11. The van der Waals surface area contributed by atoms with Crippen LogP contribution in [0.4, 0.5) is 5.82 Å². The van der Waals surface area contributed by atoms with E-state index in [4.69, 9.17) is 11.1 Å². The number of anilines is 1. The second-order valence-corrected chi connectivity index (χ2v) is 2.81. The maximum Gasteiger partial charge on any atom is 0.301 e. The molecule has 6 nitrogen and oxygen atoms in total. The zero-order valence-electron chi connectivity index (χ0n) is 8.46. The van der Waals surface area contributed by atoms with Crippen LogP contribution in [0.2, 0.25) is 0 Å². The number of nitrogen functional groups attached to an aromatic ring is 1. The van der Waals surface area contributed by atoms with Crippen LogP contribution in [-0.4, -0.2) is 21.5 Å². The Kier molecular flexibility index (Phi) is 3.08. The molecule has 0 atom stereocenters. The maximum atomic E-state index is 11.2. The first kappa shape index (κ1) is 10.8. The number of carbonyl (C=O) groups excluding carboxylic acids is 1. The molecule has 0 aliphatic rings. The lowest BCUT2D eigenvalue weighted by atomic mass is 10.3. The summed E-state index contributed by atoms with van der Waals surface area (Å²) in [6.07, 6.45) is 1.55. The van der Waals surface area contributed by atoms with Crippen molar-refractivity contribution in [2.45, 2.75) is 6.92 Å². The van der Waals surface area contributed by atoms with Gasteiger partial charge in [-0.05, 0) is 12.8 Å². The summed E-state index contributed by atoms with van der Waals surface area (Å²) in [5.74, 6) is 4.39. The van der Waals surface area contributed by atoms with E-state index in [0.29, 0.717) is 5.56 Å². The van der Waals surface area contributed by atoms with Crippen molar-refractivity contribution in [1.82, 2.24) is 9.78 Å². The molecule has 78 valence electrons. The summed E-state index contributed by atoms with van der Waals surface area (Å²) in [7, 11) is 1.67. The first-order chi connectivity index (χ1) is 7.04. The molecule has 4 N–H and O–H groups in total. The van der Waals surface area contributed by atoms with Crippen molar-refractivity contribution in [3.63, 3.8) is 0 Å². The molecular weight excluding hydrogens is 194 g/mol. The predicted molar refractivity (Wildman–Crippen MR) is 56.3 cm³/mol. The smallest absolute Gasteiger partial charge is 0.301 e. The van der Waals surface area contributed by atoms with Gasteiger partial charge in [-0.15, -0.1) is 0 Å². The van der Waals surface area contributed by atoms with Gasteiger partial charge in [-0.2, -0.15) is 5.10 Å². The average molecular weight is 205 g/mol. The highest BCUT2D eigenvalue weighted by Crippen LogP contribution is 2.10. The van der Waals surface area contributed by atoms with Gasteiger partial charge < -0.3 is 5.73 Å². The van der Waals surface area contributed by atoms with Crippen molar-refractivity contribution in [1.29, 1.82) is 5.41 Å². The SMILES string of the molecule is CC#CC(=O)Nc1nn(C)cc1C(=N)N. The molecule has 0 aromatic carbocycles. The van der Waals surface area contributed by atoms with E-state index in [1.807, 2.05) is 0 Å². The summed E-state index contributed by atoms with van der Waals surface area (Å²) in [4.78, 5) is 11.2. The molecule has 1 rings (SSSR count). The third kappa shape index (κ3) is 2.57. The van der Waals surface area contributed by atoms with E-state index >= 15 is 0 Å². The minimum Gasteiger partial charge on any atom is -0.384 e. The zero-order valence-corrected chi connectivity index (χ0v) is 8.46. The van der Waals surface area contributed by atoms with E-state index in [2.05, 4.69) is 22.3 Å². The predicted octanol–water partition coefficient (Wildman–Crippen LogP) is -0.334. The molecule has 15 heavy (non-hydrogen) atoms. The van der Waals surface area contributed by atoms with Crippen molar-refractivity contribution >= 4 is 17.6 Å². The lowest BCUT2D eigenvalue weighted by Crippen LogP contribution is -2.16. The molecule has 6 heteroatoms. The summed E-state index contributed by atoms with van der Waals surface area (Å²) in [5.41, 5.74) is 5.70. The molecule has 0 radical (unpaired) electrons. The van der Waals surface area contributed by atoms with Crippen LogP contribution in [0, 0.1) is 17.3 Å². The number of carbonyl (C=O) groups is 1. The minimum atomic E-state index is -0.473. The molecule has 1 heterocycles. The van der Waals surface area contributed by atoms with Crippen LogP contribution >= 0.6 is 0 Å². The number of nitrogens with one attached hydrogen (secondary N) is 2. The van der Waals surface area contributed by atoms with Gasteiger partial charge in [0, 0.05) is 13.2 Å². The number of amides is 1. The van der Waals surface area contributed by atoms with Crippen molar-refractivity contribution in [2.24, 2.45) is 12.8 Å². The monoisotopic (exact) mass is 205 g/mol. The van der Waals surface area contributed by atoms with Crippen LogP contribution in [0.15, 0.2) is 6.20 Å². The summed E-state index contributed by atoms with van der Waals surface area (Å²) >= 11 is 0. The van der Waals surface area contributed by atoms with Crippen molar-refractivity contribution in [3.8, 4) is 11.8 Å². The van der Waals surface area contributed by atoms with Crippen molar-refractivity contribution in [3.05, 3.63) is 11.8 Å². The van der Waals surface area contributed by atoms with Crippen LogP contribution in [0.5, 0.6) is 0 Å². The molecule has 1 aromatic rings. The Morgan fingerprint density at radius 2 is 2.40 bits per heavy atom. The number of hydrogen-bond donors (Lipinski definition) is 3. The van der Waals surface area contributed by atoms with Gasteiger partial charge in [-0.25, -0.2) is 0 Å². The topological polar surface area (TPSA) is 96.8 Å². The molecule has 0 aliphatic carbocycles. The number of aryl methyl sites for hydroxylation is 1. The lowest BCUT2D eigenvalue weighted by molar-refractivity contribution is -0.111. The molecule has 0 aliphatic heterocycles. The fraction of sp³-hybridized carbons (Fsp3) is 0.222. The Balaban J connectivity index is 2.97. The Labute approximate surface area is 87.0 Å². The normalized spacial score (nSPS) is 8.93. The molecule has 0 spiro atoms. The van der Waals surface area contributed by atoms with E-state index in [1.165, 1.54) is 4.68 Å². The van der Waals surface area contributed by atoms with E-state index < -0.39 is 5.91 Å². The Morgan fingerprint density at radius 1 is 1.73 bits per heavy atom. The summed E-state index contributed by atoms with van der Waals surface area (Å²) in [5, 5.41) is 13.7. The van der Waals surface area contributed by atoms with Crippen LogP contribution in [0.25, 0.3) is 0 Å². The average Bonchev–Trinajstić information content (AvgIpc) is 2.47. The Bertz CT molecular complexity index is 463. The number of hydrogen-bond acceptors (Lipinski definition) is 3. The molecular formula is C9H11N5O. The third-order valence-electron chi connectivity index (χ3n) is 1.59. The van der Waals surface area contributed by atoms with Crippen LogP contribution in [-0.2, 0) is 11.8 Å². The first-order valence-electron chi connectivity index (χ1n) is 4.16. The summed E-state index contributed by atoms with van der Waals surface area (Å²) in [6.45, 7) is 1.56. The first-order valence-corrected chi connectivity index (χ1v) is 4.16. The molecule has 1 amide bonds. The minimum absolute atomic E-state index is 0.150. The molecule has 0 bridgehead atoms. The molecule has 0 saturated heterocycles. The molecule has 0 unspecified atom stereocenters. The van der Waals surface area contributed by atoms with Crippen molar-refractivity contribution < 1.29 is 4.79 Å². The largest absolute Gasteiger partial charge is 0.384 e. The maximum absolute atomic E-state index is 11.2. The van der Waals surface area contributed by atoms with E-state index in [0.717, 1.165) is 0 Å². The zero-order chi connectivity index (χ0) is 11.4. The van der Waals surface area contributed by atoms with Gasteiger partial charge in [0.05, 0.1) is 5.56 Å². The second kappa shape index (κ2) is 4.28. The number of nitrogens with zero attached hydrogens (tertiary/aromatic N) is 2. The highest BCUT2D eigenvalue weighted by atomic mass is 16.1. The van der Waals surface area contributed by atoms with E-state index in [1.54, 1.807) is 20.2 Å². The van der Waals surface area contributed by atoms with Gasteiger partial charge in [0.1, 0.15) is 5.84 Å². The number of rotatable bonds is 2. The van der Waals surface area contributed by atoms with Gasteiger partial charge in [-0.1, -0.05) is 5.92 Å². The fourth-order valence-electron chi connectivity index (χ4n) is 1.03. The number of aromatic nitrogens is 2. The van der Waals surface area contributed by atoms with Crippen molar-refractivity contribution in [2.75, 3.05) is 5.32 Å². The number of nitrogens with two attached hydrogens (primary N) is 1. The summed E-state index contributed by atoms with van der Waals surface area (Å²) < 4.78 is 1.46. The van der Waals surface area contributed by atoms with Crippen LogP contribution in [0.3, 0.4) is 0 Å². The van der Waals surface area contributed by atoms with Gasteiger partial charge in [0.15, 0.2) is 5.82 Å². The quantitative estimate of drug-likeness (QED) is 0.350. The van der Waals surface area contributed by atoms with Gasteiger partial charge in [0.2, 0.25) is 0 Å². The van der Waals surface area contributed by atoms with Crippen LogP contribution in [0.1, 0.15) is 12.5 Å². The van der Waals surface area contributed by atoms with E-state index in [-0.39, 0.29) is 11.7 Å².